The minimum atomic E-state index is -0.305. The first kappa shape index (κ1) is 15.8. The second kappa shape index (κ2) is 7.00. The molecule has 0 fully saturated rings. The predicted octanol–water partition coefficient (Wildman–Crippen LogP) is 3.98. The van der Waals surface area contributed by atoms with E-state index in [2.05, 4.69) is 10.5 Å². The van der Waals surface area contributed by atoms with Crippen LogP contribution in [-0.2, 0) is 4.79 Å². The molecule has 24 heavy (non-hydrogen) atoms. The maximum Gasteiger partial charge on any atom is 0.264 e. The molecular formula is C19H18N2O3. The second-order valence-corrected chi connectivity index (χ2v) is 5.58. The van der Waals surface area contributed by atoms with E-state index in [4.69, 9.17) is 9.26 Å². The summed E-state index contributed by atoms with van der Waals surface area (Å²) >= 11 is 0. The lowest BCUT2D eigenvalue weighted by Gasteiger charge is -2.07. The van der Waals surface area contributed by atoms with Gasteiger partial charge in [-0.2, -0.15) is 0 Å². The van der Waals surface area contributed by atoms with Gasteiger partial charge < -0.3 is 9.26 Å². The number of aromatic nitrogens is 1. The molecule has 1 heterocycles. The Morgan fingerprint density at radius 2 is 1.67 bits per heavy atom. The molecule has 1 amide bonds. The zero-order valence-corrected chi connectivity index (χ0v) is 13.6. The quantitative estimate of drug-likeness (QED) is 0.772. The van der Waals surface area contributed by atoms with Crippen LogP contribution in [0.15, 0.2) is 59.3 Å². The minimum absolute atomic E-state index is 0.100. The summed E-state index contributed by atoms with van der Waals surface area (Å²) < 4.78 is 10.6. The maximum absolute atomic E-state index is 12.1. The van der Waals surface area contributed by atoms with E-state index in [-0.39, 0.29) is 12.5 Å². The molecule has 0 unspecified atom stereocenters. The van der Waals surface area contributed by atoms with E-state index < -0.39 is 0 Å². The van der Waals surface area contributed by atoms with Crippen LogP contribution in [0.1, 0.15) is 11.1 Å². The SMILES string of the molecule is Cc1ccc(OCC(=O)Nc2oncc2-c2ccc(C)cc2)cc1. The van der Waals surface area contributed by atoms with Gasteiger partial charge in [0.2, 0.25) is 5.88 Å². The van der Waals surface area contributed by atoms with E-state index in [1.807, 2.05) is 62.4 Å². The summed E-state index contributed by atoms with van der Waals surface area (Å²) in [6.45, 7) is 3.91. The Morgan fingerprint density at radius 1 is 1.04 bits per heavy atom. The second-order valence-electron chi connectivity index (χ2n) is 5.58. The molecule has 0 saturated heterocycles. The van der Waals surface area contributed by atoms with Crippen LogP contribution >= 0.6 is 0 Å². The molecule has 0 aliphatic carbocycles. The highest BCUT2D eigenvalue weighted by Crippen LogP contribution is 2.27. The van der Waals surface area contributed by atoms with E-state index in [1.165, 1.54) is 0 Å². The number of benzene rings is 2. The molecule has 2 aromatic carbocycles. The third-order valence-electron chi connectivity index (χ3n) is 3.58. The average Bonchev–Trinajstić information content (AvgIpc) is 3.03. The number of hydrogen-bond donors (Lipinski definition) is 1. The maximum atomic E-state index is 12.1. The van der Waals surface area contributed by atoms with Crippen LogP contribution in [0, 0.1) is 13.8 Å². The van der Waals surface area contributed by atoms with Gasteiger partial charge >= 0.3 is 0 Å². The molecule has 5 nitrogen and oxygen atoms in total. The van der Waals surface area contributed by atoms with Gasteiger partial charge in [-0.15, -0.1) is 0 Å². The zero-order valence-electron chi connectivity index (χ0n) is 13.6. The molecule has 0 aliphatic rings. The Balaban J connectivity index is 1.64. The smallest absolute Gasteiger partial charge is 0.264 e. The highest BCUT2D eigenvalue weighted by atomic mass is 16.5. The number of ether oxygens (including phenoxy) is 1. The Labute approximate surface area is 140 Å². The topological polar surface area (TPSA) is 64.4 Å². The number of hydrogen-bond acceptors (Lipinski definition) is 4. The normalized spacial score (nSPS) is 10.4. The summed E-state index contributed by atoms with van der Waals surface area (Å²) in [4.78, 5) is 12.1. The minimum Gasteiger partial charge on any atom is -0.484 e. The fourth-order valence-electron chi connectivity index (χ4n) is 2.21. The number of aryl methyl sites for hydroxylation is 2. The van der Waals surface area contributed by atoms with Crippen LogP contribution in [0.25, 0.3) is 11.1 Å². The van der Waals surface area contributed by atoms with Crippen molar-refractivity contribution in [3.63, 3.8) is 0 Å². The molecule has 1 aromatic heterocycles. The fourth-order valence-corrected chi connectivity index (χ4v) is 2.21. The van der Waals surface area contributed by atoms with Gasteiger partial charge in [0.25, 0.3) is 5.91 Å². The number of nitrogens with zero attached hydrogens (tertiary/aromatic N) is 1. The molecule has 0 bridgehead atoms. The largest absolute Gasteiger partial charge is 0.484 e. The molecule has 0 radical (unpaired) electrons. The molecule has 3 aromatic rings. The fraction of sp³-hybridized carbons (Fsp3) is 0.158. The highest BCUT2D eigenvalue weighted by Gasteiger charge is 2.14. The van der Waals surface area contributed by atoms with Crippen molar-refractivity contribution in [2.24, 2.45) is 0 Å². The Kier molecular flexibility index (Phi) is 4.61. The molecule has 5 heteroatoms. The predicted molar refractivity (Wildman–Crippen MR) is 92.0 cm³/mol. The first-order valence-electron chi connectivity index (χ1n) is 7.63. The van der Waals surface area contributed by atoms with Gasteiger partial charge in [-0.25, -0.2) is 0 Å². The van der Waals surface area contributed by atoms with Crippen molar-refractivity contribution in [3.8, 4) is 16.9 Å². The van der Waals surface area contributed by atoms with Gasteiger partial charge in [-0.3, -0.25) is 10.1 Å². The number of anilines is 1. The average molecular weight is 322 g/mol. The monoisotopic (exact) mass is 322 g/mol. The summed E-state index contributed by atoms with van der Waals surface area (Å²) in [5, 5.41) is 6.46. The lowest BCUT2D eigenvalue weighted by molar-refractivity contribution is -0.118. The molecule has 1 N–H and O–H groups in total. The number of nitrogens with one attached hydrogen (secondary N) is 1. The molecule has 0 saturated carbocycles. The highest BCUT2D eigenvalue weighted by molar-refractivity contribution is 5.94. The lowest BCUT2D eigenvalue weighted by Crippen LogP contribution is -2.20. The first-order valence-corrected chi connectivity index (χ1v) is 7.63. The van der Waals surface area contributed by atoms with Crippen molar-refractivity contribution < 1.29 is 14.1 Å². The van der Waals surface area contributed by atoms with Crippen molar-refractivity contribution in [1.82, 2.24) is 5.16 Å². The summed E-state index contributed by atoms with van der Waals surface area (Å²) in [5.41, 5.74) is 3.96. The molecular weight excluding hydrogens is 304 g/mol. The summed E-state index contributed by atoms with van der Waals surface area (Å²) in [6, 6.07) is 15.4. The van der Waals surface area contributed by atoms with E-state index in [0.29, 0.717) is 11.6 Å². The van der Waals surface area contributed by atoms with Crippen LogP contribution in [0.2, 0.25) is 0 Å². The van der Waals surface area contributed by atoms with Crippen LogP contribution in [0.3, 0.4) is 0 Å². The third kappa shape index (κ3) is 3.81. The van der Waals surface area contributed by atoms with Crippen LogP contribution in [0.5, 0.6) is 5.75 Å². The van der Waals surface area contributed by atoms with Gasteiger partial charge in [0.1, 0.15) is 5.75 Å². The summed E-state index contributed by atoms with van der Waals surface area (Å²) in [5.74, 6) is 0.657. The molecule has 0 aliphatic heterocycles. The van der Waals surface area contributed by atoms with Crippen molar-refractivity contribution >= 4 is 11.8 Å². The number of rotatable bonds is 5. The van der Waals surface area contributed by atoms with Crippen molar-refractivity contribution in [2.45, 2.75) is 13.8 Å². The van der Waals surface area contributed by atoms with Gasteiger partial charge in [0.15, 0.2) is 6.61 Å². The van der Waals surface area contributed by atoms with Crippen LogP contribution in [0.4, 0.5) is 5.88 Å². The van der Waals surface area contributed by atoms with Crippen LogP contribution < -0.4 is 10.1 Å². The van der Waals surface area contributed by atoms with E-state index in [1.54, 1.807) is 6.20 Å². The zero-order chi connectivity index (χ0) is 16.9. The van der Waals surface area contributed by atoms with E-state index in [9.17, 15) is 4.79 Å². The van der Waals surface area contributed by atoms with Crippen molar-refractivity contribution in [2.75, 3.05) is 11.9 Å². The van der Waals surface area contributed by atoms with Gasteiger partial charge in [0.05, 0.1) is 11.8 Å². The van der Waals surface area contributed by atoms with Gasteiger partial charge in [-0.1, -0.05) is 52.7 Å². The number of carbonyl (C=O) groups is 1. The molecule has 0 atom stereocenters. The standard InChI is InChI=1S/C19H18N2O3/c1-13-3-7-15(8-4-13)17-11-20-24-19(17)21-18(22)12-23-16-9-5-14(2)6-10-16/h3-11H,12H2,1-2H3,(H,21,22). The molecule has 0 spiro atoms. The Bertz CT molecular complexity index is 821. The number of amides is 1. The van der Waals surface area contributed by atoms with Crippen molar-refractivity contribution in [1.29, 1.82) is 0 Å². The summed E-state index contributed by atoms with van der Waals surface area (Å²) in [7, 11) is 0. The van der Waals surface area contributed by atoms with Crippen molar-refractivity contribution in [3.05, 3.63) is 65.9 Å². The van der Waals surface area contributed by atoms with Gasteiger partial charge in [-0.05, 0) is 31.5 Å². The lowest BCUT2D eigenvalue weighted by atomic mass is 10.1. The molecule has 3 rings (SSSR count). The van der Waals surface area contributed by atoms with E-state index in [0.717, 1.165) is 22.3 Å². The Hall–Kier alpha value is -3.08. The summed E-state index contributed by atoms with van der Waals surface area (Å²) in [6.07, 6.45) is 1.58. The third-order valence-corrected chi connectivity index (χ3v) is 3.58. The Morgan fingerprint density at radius 3 is 2.33 bits per heavy atom. The van der Waals surface area contributed by atoms with Crippen LogP contribution in [-0.4, -0.2) is 17.7 Å². The first-order chi connectivity index (χ1) is 11.6. The van der Waals surface area contributed by atoms with E-state index >= 15 is 0 Å². The number of carbonyl (C=O) groups excluding carboxylic acids is 1. The van der Waals surface area contributed by atoms with Gasteiger partial charge in [0, 0.05) is 0 Å². The molecule has 122 valence electrons.